The molecule has 0 bridgehead atoms. The average Bonchev–Trinajstić information content (AvgIpc) is 2.54. The number of nitrogens with one attached hydrogen (secondary N) is 2. The summed E-state index contributed by atoms with van der Waals surface area (Å²) < 4.78 is 10.9. The van der Waals surface area contributed by atoms with Crippen molar-refractivity contribution in [2.45, 2.75) is 70.7 Å². The van der Waals surface area contributed by atoms with Crippen LogP contribution in [0, 0.1) is 5.92 Å². The largest absolute Gasteiger partial charge is 0.388 e. The van der Waals surface area contributed by atoms with Gasteiger partial charge < -0.3 is 35.4 Å². The minimum atomic E-state index is -1.48. The van der Waals surface area contributed by atoms with Gasteiger partial charge in [-0.05, 0) is 12.3 Å². The maximum absolute atomic E-state index is 12.2. The maximum Gasteiger partial charge on any atom is 0.252 e. The Morgan fingerprint density at radius 2 is 1.76 bits per heavy atom. The second-order valence-electron chi connectivity index (χ2n) is 7.22. The van der Waals surface area contributed by atoms with Crippen molar-refractivity contribution in [2.75, 3.05) is 26.3 Å². The van der Waals surface area contributed by atoms with E-state index in [0.717, 1.165) is 6.42 Å². The van der Waals surface area contributed by atoms with E-state index in [1.807, 2.05) is 13.8 Å². The second-order valence-corrected chi connectivity index (χ2v) is 7.22. The molecule has 1 heterocycles. The predicted octanol–water partition coefficient (Wildman–Crippen LogP) is -0.987. The highest BCUT2D eigenvalue weighted by Gasteiger charge is 2.46. The zero-order valence-electron chi connectivity index (χ0n) is 15.6. The summed E-state index contributed by atoms with van der Waals surface area (Å²) in [6, 6.07) is 0.162. The van der Waals surface area contributed by atoms with E-state index in [-0.39, 0.29) is 19.1 Å². The summed E-state index contributed by atoms with van der Waals surface area (Å²) in [6.07, 6.45) is -5.23. The van der Waals surface area contributed by atoms with Gasteiger partial charge in [0.1, 0.15) is 18.3 Å². The first-order valence-corrected chi connectivity index (χ1v) is 9.02. The van der Waals surface area contributed by atoms with Crippen LogP contribution in [-0.4, -0.2) is 84.1 Å². The molecule has 1 saturated heterocycles. The van der Waals surface area contributed by atoms with E-state index >= 15 is 0 Å². The number of carbonyl (C=O) groups is 1. The van der Waals surface area contributed by atoms with Crippen LogP contribution in [-0.2, 0) is 14.3 Å². The Morgan fingerprint density at radius 3 is 2.36 bits per heavy atom. The van der Waals surface area contributed by atoms with Gasteiger partial charge in [-0.15, -0.1) is 0 Å². The summed E-state index contributed by atoms with van der Waals surface area (Å²) in [5, 5.41) is 35.7. The molecule has 0 aromatic rings. The Morgan fingerprint density at radius 1 is 1.08 bits per heavy atom. The Balaban J connectivity index is 2.44. The second kappa shape index (κ2) is 11.1. The zero-order valence-corrected chi connectivity index (χ0v) is 15.6. The summed E-state index contributed by atoms with van der Waals surface area (Å²) in [5.41, 5.74) is 0. The van der Waals surface area contributed by atoms with Crippen molar-refractivity contribution >= 4 is 5.91 Å². The van der Waals surface area contributed by atoms with Gasteiger partial charge in [0.2, 0.25) is 0 Å². The third-order valence-electron chi connectivity index (χ3n) is 4.08. The van der Waals surface area contributed by atoms with E-state index in [1.54, 1.807) is 0 Å². The van der Waals surface area contributed by atoms with E-state index in [0.29, 0.717) is 19.1 Å². The van der Waals surface area contributed by atoms with Crippen molar-refractivity contribution in [1.82, 2.24) is 10.6 Å². The fourth-order valence-electron chi connectivity index (χ4n) is 2.46. The van der Waals surface area contributed by atoms with Crippen molar-refractivity contribution < 1.29 is 29.6 Å². The van der Waals surface area contributed by atoms with Crippen molar-refractivity contribution in [2.24, 2.45) is 5.92 Å². The highest BCUT2D eigenvalue weighted by molar-refractivity contribution is 5.81. The number of carbonyl (C=O) groups excluding carboxylic acids is 1. The fourth-order valence-corrected chi connectivity index (χ4v) is 2.46. The van der Waals surface area contributed by atoms with Crippen LogP contribution < -0.4 is 10.6 Å². The summed E-state index contributed by atoms with van der Waals surface area (Å²) >= 11 is 0. The van der Waals surface area contributed by atoms with Crippen molar-refractivity contribution in [1.29, 1.82) is 0 Å². The molecule has 1 fully saturated rings. The number of hydrogen-bond acceptors (Lipinski definition) is 7. The first kappa shape index (κ1) is 22.3. The Labute approximate surface area is 149 Å². The molecule has 0 saturated carbocycles. The quantitative estimate of drug-likeness (QED) is 0.317. The smallest absolute Gasteiger partial charge is 0.252 e. The van der Waals surface area contributed by atoms with E-state index in [4.69, 9.17) is 9.47 Å². The van der Waals surface area contributed by atoms with Crippen molar-refractivity contribution in [3.8, 4) is 0 Å². The number of aliphatic hydroxyl groups excluding tert-OH is 3. The number of hydrogen-bond donors (Lipinski definition) is 5. The van der Waals surface area contributed by atoms with Gasteiger partial charge in [-0.25, -0.2) is 0 Å². The van der Waals surface area contributed by atoms with Crippen LogP contribution in [0.1, 0.15) is 34.1 Å². The van der Waals surface area contributed by atoms with E-state index in [2.05, 4.69) is 24.5 Å². The average molecular weight is 362 g/mol. The molecule has 1 amide bonds. The monoisotopic (exact) mass is 362 g/mol. The molecule has 5 N–H and O–H groups in total. The van der Waals surface area contributed by atoms with Crippen LogP contribution in [0.5, 0.6) is 0 Å². The van der Waals surface area contributed by atoms with Crippen LogP contribution in [0.4, 0.5) is 0 Å². The first-order valence-electron chi connectivity index (χ1n) is 9.02. The standard InChI is InChI=1S/C17H34N2O6/c1-10(2)5-7-24-8-6-18-17(23)16-15(22)14(21)13(20)12(25-16)9-19-11(3)4/h10-16,19-22H,5-9H2,1-4H3,(H,18,23). The van der Waals surface area contributed by atoms with Crippen molar-refractivity contribution in [3.05, 3.63) is 0 Å². The lowest BCUT2D eigenvalue weighted by molar-refractivity contribution is -0.219. The van der Waals surface area contributed by atoms with Gasteiger partial charge in [-0.1, -0.05) is 27.7 Å². The van der Waals surface area contributed by atoms with Crippen LogP contribution in [0.3, 0.4) is 0 Å². The Bertz CT molecular complexity index is 393. The van der Waals surface area contributed by atoms with E-state index < -0.39 is 36.4 Å². The normalized spacial score (nSPS) is 30.0. The van der Waals surface area contributed by atoms with E-state index in [1.165, 1.54) is 0 Å². The summed E-state index contributed by atoms with van der Waals surface area (Å²) in [6.45, 7) is 9.64. The van der Waals surface area contributed by atoms with Gasteiger partial charge in [0.15, 0.2) is 6.10 Å². The molecule has 148 valence electrons. The molecule has 0 aromatic heterocycles. The van der Waals surface area contributed by atoms with Crippen LogP contribution in [0.2, 0.25) is 0 Å². The van der Waals surface area contributed by atoms with Crippen LogP contribution in [0.25, 0.3) is 0 Å². The van der Waals surface area contributed by atoms with E-state index in [9.17, 15) is 20.1 Å². The SMILES string of the molecule is CC(C)CCOCCNC(=O)C1OC(CNC(C)C)C(O)C(O)C1O. The highest BCUT2D eigenvalue weighted by atomic mass is 16.5. The van der Waals surface area contributed by atoms with Gasteiger partial charge in [0.05, 0.1) is 12.7 Å². The molecule has 8 nitrogen and oxygen atoms in total. The van der Waals surface area contributed by atoms with Crippen molar-refractivity contribution in [3.63, 3.8) is 0 Å². The van der Waals surface area contributed by atoms with Gasteiger partial charge in [-0.3, -0.25) is 4.79 Å². The van der Waals surface area contributed by atoms with Gasteiger partial charge >= 0.3 is 0 Å². The lowest BCUT2D eigenvalue weighted by Crippen LogP contribution is -2.63. The van der Waals surface area contributed by atoms with Crippen LogP contribution in [0.15, 0.2) is 0 Å². The minimum Gasteiger partial charge on any atom is -0.388 e. The lowest BCUT2D eigenvalue weighted by atomic mass is 9.94. The van der Waals surface area contributed by atoms with Gasteiger partial charge in [0, 0.05) is 25.7 Å². The zero-order chi connectivity index (χ0) is 19.0. The summed E-state index contributed by atoms with van der Waals surface area (Å²) in [5.74, 6) is 0.0325. The molecule has 1 aliphatic heterocycles. The minimum absolute atomic E-state index is 0.162. The molecular weight excluding hydrogens is 328 g/mol. The molecule has 1 rings (SSSR count). The van der Waals surface area contributed by atoms with Gasteiger partial charge in [0.25, 0.3) is 5.91 Å². The first-order chi connectivity index (χ1) is 11.7. The molecular formula is C17H34N2O6. The maximum atomic E-state index is 12.2. The summed E-state index contributed by atoms with van der Waals surface area (Å²) in [7, 11) is 0. The molecule has 0 aromatic carbocycles. The number of ether oxygens (including phenoxy) is 2. The third-order valence-corrected chi connectivity index (χ3v) is 4.08. The molecule has 0 radical (unpaired) electrons. The molecule has 8 heteroatoms. The summed E-state index contributed by atoms with van der Waals surface area (Å²) in [4.78, 5) is 12.2. The Kier molecular flexibility index (Phi) is 9.84. The molecule has 5 unspecified atom stereocenters. The topological polar surface area (TPSA) is 120 Å². The van der Waals surface area contributed by atoms with Gasteiger partial charge in [-0.2, -0.15) is 0 Å². The fraction of sp³-hybridized carbons (Fsp3) is 0.941. The number of aliphatic hydroxyl groups is 3. The molecule has 0 aliphatic carbocycles. The number of rotatable bonds is 10. The Hall–Kier alpha value is -0.770. The third kappa shape index (κ3) is 7.55. The molecule has 0 spiro atoms. The predicted molar refractivity (Wildman–Crippen MR) is 93.1 cm³/mol. The molecule has 25 heavy (non-hydrogen) atoms. The number of amides is 1. The molecule has 1 aliphatic rings. The highest BCUT2D eigenvalue weighted by Crippen LogP contribution is 2.21. The molecule has 5 atom stereocenters. The lowest BCUT2D eigenvalue weighted by Gasteiger charge is -2.40. The van der Waals surface area contributed by atoms with Crippen LogP contribution >= 0.6 is 0 Å².